The minimum Gasteiger partial charge on any atom is -0.494 e. The minimum absolute atomic E-state index is 0.292. The molecular formula is C15H23FN2O. The van der Waals surface area contributed by atoms with Crippen molar-refractivity contribution in [3.8, 4) is 5.75 Å². The smallest absolute Gasteiger partial charge is 0.165 e. The molecule has 1 aromatic rings. The second kappa shape index (κ2) is 6.87. The van der Waals surface area contributed by atoms with Gasteiger partial charge in [0.15, 0.2) is 11.6 Å². The first-order valence-electron chi connectivity index (χ1n) is 6.90. The van der Waals surface area contributed by atoms with Crippen LogP contribution in [0.3, 0.4) is 0 Å². The molecule has 1 aliphatic heterocycles. The number of nitrogens with zero attached hydrogens (tertiary/aromatic N) is 1. The van der Waals surface area contributed by atoms with Crippen molar-refractivity contribution in [2.45, 2.75) is 19.4 Å². The number of piperidine rings is 1. The average Bonchev–Trinajstić information content (AvgIpc) is 2.39. The number of benzene rings is 1. The van der Waals surface area contributed by atoms with Crippen molar-refractivity contribution >= 4 is 0 Å². The van der Waals surface area contributed by atoms with Crippen LogP contribution >= 0.6 is 0 Å². The number of ether oxygens (including phenoxy) is 1. The summed E-state index contributed by atoms with van der Waals surface area (Å²) in [7, 11) is 3.65. The fourth-order valence-electron chi connectivity index (χ4n) is 2.68. The highest BCUT2D eigenvalue weighted by atomic mass is 19.1. The van der Waals surface area contributed by atoms with E-state index in [0.717, 1.165) is 18.7 Å². The molecule has 0 spiro atoms. The van der Waals surface area contributed by atoms with Crippen LogP contribution in [0.2, 0.25) is 0 Å². The highest BCUT2D eigenvalue weighted by Gasteiger charge is 2.16. The van der Waals surface area contributed by atoms with E-state index in [1.165, 1.54) is 26.5 Å². The van der Waals surface area contributed by atoms with E-state index in [1.54, 1.807) is 12.1 Å². The van der Waals surface area contributed by atoms with Gasteiger partial charge < -0.3 is 15.0 Å². The van der Waals surface area contributed by atoms with Gasteiger partial charge in [0, 0.05) is 13.1 Å². The largest absolute Gasteiger partial charge is 0.494 e. The molecule has 0 aromatic heterocycles. The molecule has 0 aliphatic carbocycles. The number of nitrogens with one attached hydrogen (secondary N) is 1. The SMILES string of the molecule is COc1ccc(CNCC2CCCN(C)C2)cc1F. The van der Waals surface area contributed by atoms with Gasteiger partial charge in [-0.2, -0.15) is 0 Å². The Morgan fingerprint density at radius 1 is 1.47 bits per heavy atom. The molecule has 19 heavy (non-hydrogen) atoms. The number of rotatable bonds is 5. The molecule has 1 fully saturated rings. The maximum absolute atomic E-state index is 13.5. The molecule has 0 radical (unpaired) electrons. The van der Waals surface area contributed by atoms with Gasteiger partial charge in [-0.3, -0.25) is 0 Å². The van der Waals surface area contributed by atoms with Gasteiger partial charge in [0.2, 0.25) is 0 Å². The summed E-state index contributed by atoms with van der Waals surface area (Å²) in [6, 6.07) is 5.13. The van der Waals surface area contributed by atoms with Crippen LogP contribution in [0.1, 0.15) is 18.4 Å². The highest BCUT2D eigenvalue weighted by molar-refractivity contribution is 5.29. The molecule has 0 amide bonds. The van der Waals surface area contributed by atoms with Gasteiger partial charge in [0.25, 0.3) is 0 Å². The lowest BCUT2D eigenvalue weighted by Crippen LogP contribution is -2.37. The Kier molecular flexibility index (Phi) is 5.16. The van der Waals surface area contributed by atoms with Gasteiger partial charge in [-0.15, -0.1) is 0 Å². The van der Waals surface area contributed by atoms with Crippen LogP contribution in [0.25, 0.3) is 0 Å². The Morgan fingerprint density at radius 2 is 2.32 bits per heavy atom. The lowest BCUT2D eigenvalue weighted by molar-refractivity contribution is 0.206. The standard InChI is InChI=1S/C15H23FN2O/c1-18-7-3-4-13(11-18)10-17-9-12-5-6-15(19-2)14(16)8-12/h5-6,8,13,17H,3-4,7,9-11H2,1-2H3. The van der Waals surface area contributed by atoms with E-state index in [2.05, 4.69) is 17.3 Å². The lowest BCUT2D eigenvalue weighted by atomic mass is 9.98. The third kappa shape index (κ3) is 4.18. The Bertz CT molecular complexity index is 411. The van der Waals surface area contributed by atoms with Gasteiger partial charge in [-0.25, -0.2) is 4.39 Å². The Balaban J connectivity index is 1.77. The second-order valence-electron chi connectivity index (χ2n) is 5.37. The predicted molar refractivity (Wildman–Crippen MR) is 74.9 cm³/mol. The number of methoxy groups -OCH3 is 1. The van der Waals surface area contributed by atoms with E-state index >= 15 is 0 Å². The third-order valence-corrected chi connectivity index (χ3v) is 3.70. The quantitative estimate of drug-likeness (QED) is 0.885. The molecule has 106 valence electrons. The number of likely N-dealkylation sites (tertiary alicyclic amines) is 1. The summed E-state index contributed by atoms with van der Waals surface area (Å²) in [5.74, 6) is 0.721. The molecule has 1 atom stereocenters. The topological polar surface area (TPSA) is 24.5 Å². The van der Waals surface area contributed by atoms with Gasteiger partial charge in [-0.1, -0.05) is 6.07 Å². The van der Waals surface area contributed by atoms with Gasteiger partial charge in [0.05, 0.1) is 7.11 Å². The summed E-state index contributed by atoms with van der Waals surface area (Å²) in [5, 5.41) is 3.42. The zero-order chi connectivity index (χ0) is 13.7. The second-order valence-corrected chi connectivity index (χ2v) is 5.37. The van der Waals surface area contributed by atoms with Crippen LogP contribution in [0.15, 0.2) is 18.2 Å². The summed E-state index contributed by atoms with van der Waals surface area (Å²) in [4.78, 5) is 2.38. The number of hydrogen-bond donors (Lipinski definition) is 1. The number of hydrogen-bond acceptors (Lipinski definition) is 3. The van der Waals surface area contributed by atoms with E-state index in [0.29, 0.717) is 18.2 Å². The Labute approximate surface area is 114 Å². The molecule has 0 bridgehead atoms. The van der Waals surface area contributed by atoms with Crippen molar-refractivity contribution in [1.82, 2.24) is 10.2 Å². The van der Waals surface area contributed by atoms with Crippen LogP contribution in [-0.2, 0) is 6.54 Å². The first-order valence-corrected chi connectivity index (χ1v) is 6.90. The summed E-state index contributed by atoms with van der Waals surface area (Å²) < 4.78 is 18.4. The van der Waals surface area contributed by atoms with E-state index in [-0.39, 0.29) is 5.82 Å². The minimum atomic E-state index is -0.292. The molecule has 1 aliphatic rings. The molecule has 4 heteroatoms. The molecule has 1 unspecified atom stereocenters. The van der Waals surface area contributed by atoms with Crippen molar-refractivity contribution in [3.63, 3.8) is 0 Å². The maximum atomic E-state index is 13.5. The molecule has 3 nitrogen and oxygen atoms in total. The summed E-state index contributed by atoms with van der Waals surface area (Å²) >= 11 is 0. The Hall–Kier alpha value is -1.13. The maximum Gasteiger partial charge on any atom is 0.165 e. The molecule has 1 heterocycles. The van der Waals surface area contributed by atoms with Crippen molar-refractivity contribution < 1.29 is 9.13 Å². The molecule has 2 rings (SSSR count). The third-order valence-electron chi connectivity index (χ3n) is 3.70. The van der Waals surface area contributed by atoms with Crippen molar-refractivity contribution in [2.75, 3.05) is 33.8 Å². The normalized spacial score (nSPS) is 20.5. The van der Waals surface area contributed by atoms with Gasteiger partial charge in [0.1, 0.15) is 0 Å². The monoisotopic (exact) mass is 266 g/mol. The first-order chi connectivity index (χ1) is 9.19. The van der Waals surface area contributed by atoms with E-state index < -0.39 is 0 Å². The molecular weight excluding hydrogens is 243 g/mol. The van der Waals surface area contributed by atoms with Gasteiger partial charge in [-0.05, 0) is 56.6 Å². The van der Waals surface area contributed by atoms with E-state index in [1.807, 2.05) is 6.07 Å². The lowest BCUT2D eigenvalue weighted by Gasteiger charge is -2.29. The zero-order valence-corrected chi connectivity index (χ0v) is 11.8. The number of halogens is 1. The zero-order valence-electron chi connectivity index (χ0n) is 11.8. The summed E-state index contributed by atoms with van der Waals surface area (Å²) in [6.07, 6.45) is 2.56. The summed E-state index contributed by atoms with van der Waals surface area (Å²) in [5.41, 5.74) is 0.961. The Morgan fingerprint density at radius 3 is 3.00 bits per heavy atom. The fourth-order valence-corrected chi connectivity index (χ4v) is 2.68. The predicted octanol–water partition coefficient (Wildman–Crippen LogP) is 2.27. The van der Waals surface area contributed by atoms with Crippen LogP contribution in [0, 0.1) is 11.7 Å². The van der Waals surface area contributed by atoms with Crippen molar-refractivity contribution in [2.24, 2.45) is 5.92 Å². The molecule has 0 saturated carbocycles. The van der Waals surface area contributed by atoms with E-state index in [9.17, 15) is 4.39 Å². The van der Waals surface area contributed by atoms with Crippen molar-refractivity contribution in [3.05, 3.63) is 29.6 Å². The van der Waals surface area contributed by atoms with Crippen LogP contribution in [-0.4, -0.2) is 38.7 Å². The summed E-state index contributed by atoms with van der Waals surface area (Å²) in [6.45, 7) is 4.07. The molecule has 1 aromatic carbocycles. The first kappa shape index (κ1) is 14.3. The van der Waals surface area contributed by atoms with E-state index in [4.69, 9.17) is 4.74 Å². The highest BCUT2D eigenvalue weighted by Crippen LogP contribution is 2.18. The fraction of sp³-hybridized carbons (Fsp3) is 0.600. The average molecular weight is 266 g/mol. The molecule has 1 saturated heterocycles. The molecule has 1 N–H and O–H groups in total. The van der Waals surface area contributed by atoms with Crippen LogP contribution in [0.4, 0.5) is 4.39 Å². The van der Waals surface area contributed by atoms with Gasteiger partial charge >= 0.3 is 0 Å². The van der Waals surface area contributed by atoms with Crippen molar-refractivity contribution in [1.29, 1.82) is 0 Å². The van der Waals surface area contributed by atoms with Crippen LogP contribution in [0.5, 0.6) is 5.75 Å². The van der Waals surface area contributed by atoms with Crippen LogP contribution < -0.4 is 10.1 Å².